The predicted octanol–water partition coefficient (Wildman–Crippen LogP) is 10.4. The van der Waals surface area contributed by atoms with E-state index in [-0.39, 0.29) is 23.1 Å². The maximum absolute atomic E-state index is 11.0. The number of phenols is 2. The number of rotatable bonds is 19. The second kappa shape index (κ2) is 18.2. The number of benzene rings is 3. The summed E-state index contributed by atoms with van der Waals surface area (Å²) in [6.07, 6.45) is 14.1. The fourth-order valence-electron chi connectivity index (χ4n) is 5.07. The van der Waals surface area contributed by atoms with E-state index in [1.54, 1.807) is 36.4 Å². The van der Waals surface area contributed by atoms with Crippen molar-refractivity contribution in [3.8, 4) is 57.2 Å². The molecule has 0 saturated carbocycles. The van der Waals surface area contributed by atoms with Crippen LogP contribution >= 0.6 is 11.6 Å². The van der Waals surface area contributed by atoms with Crippen molar-refractivity contribution in [2.24, 2.45) is 0 Å². The summed E-state index contributed by atoms with van der Waals surface area (Å²) in [5, 5.41) is 22.6. The number of halogens is 1. The number of hydrogen-bond donors (Lipinski definition) is 2. The molecule has 240 valence electrons. The van der Waals surface area contributed by atoms with E-state index in [4.69, 9.17) is 21.1 Å². The summed E-state index contributed by atoms with van der Waals surface area (Å²) in [5.41, 5.74) is 1.58. The summed E-state index contributed by atoms with van der Waals surface area (Å²) in [6, 6.07) is 17.5. The third-order valence-electron chi connectivity index (χ3n) is 7.69. The van der Waals surface area contributed by atoms with Gasteiger partial charge in [0.1, 0.15) is 23.0 Å². The van der Waals surface area contributed by atoms with Crippen molar-refractivity contribution in [3.05, 3.63) is 65.7 Å². The molecule has 8 heteroatoms. The molecule has 0 unspecified atom stereocenters. The second-order valence-corrected chi connectivity index (χ2v) is 11.8. The Bertz CT molecular complexity index is 1390. The minimum absolute atomic E-state index is 0.00249. The Hall–Kier alpha value is -3.84. The molecule has 7 nitrogen and oxygen atoms in total. The Labute approximate surface area is 272 Å². The van der Waals surface area contributed by atoms with Crippen molar-refractivity contribution in [3.63, 3.8) is 0 Å². The van der Waals surface area contributed by atoms with Gasteiger partial charge in [-0.25, -0.2) is 15.0 Å². The van der Waals surface area contributed by atoms with E-state index < -0.39 is 0 Å². The van der Waals surface area contributed by atoms with Gasteiger partial charge in [0.2, 0.25) is 0 Å². The van der Waals surface area contributed by atoms with Gasteiger partial charge in [-0.3, -0.25) is 0 Å². The summed E-state index contributed by atoms with van der Waals surface area (Å²) in [5.74, 6) is 2.10. The van der Waals surface area contributed by atoms with Crippen LogP contribution in [-0.2, 0) is 0 Å². The third kappa shape index (κ3) is 10.6. The van der Waals surface area contributed by atoms with E-state index in [1.165, 1.54) is 51.4 Å². The highest BCUT2D eigenvalue weighted by atomic mass is 35.5. The van der Waals surface area contributed by atoms with Crippen LogP contribution in [0.4, 0.5) is 0 Å². The normalized spacial score (nSPS) is 11.1. The fourth-order valence-corrected chi connectivity index (χ4v) is 5.20. The van der Waals surface area contributed by atoms with Gasteiger partial charge in [-0.2, -0.15) is 0 Å². The van der Waals surface area contributed by atoms with Gasteiger partial charge in [0.25, 0.3) is 0 Å². The minimum atomic E-state index is -0.00249. The first kappa shape index (κ1) is 34.0. The summed E-state index contributed by atoms with van der Waals surface area (Å²) in [6.45, 7) is 5.62. The Morgan fingerprint density at radius 1 is 0.533 bits per heavy atom. The van der Waals surface area contributed by atoms with Crippen molar-refractivity contribution in [1.29, 1.82) is 0 Å². The molecule has 0 aliphatic carbocycles. The van der Waals surface area contributed by atoms with Crippen LogP contribution in [0.3, 0.4) is 0 Å². The SMILES string of the molecule is CCCCCCCCOc1ccc(-c2nc(-c3ccc(Cl)cc3)nc(-c3ccc(OCCCCCCCC)cc3O)n2)c(O)c1. The van der Waals surface area contributed by atoms with Crippen LogP contribution in [0.15, 0.2) is 60.7 Å². The van der Waals surface area contributed by atoms with Crippen LogP contribution in [0.1, 0.15) is 90.9 Å². The number of nitrogens with zero attached hydrogens (tertiary/aromatic N) is 3. The van der Waals surface area contributed by atoms with Crippen molar-refractivity contribution in [2.75, 3.05) is 13.2 Å². The lowest BCUT2D eigenvalue weighted by molar-refractivity contribution is 0.302. The van der Waals surface area contributed by atoms with Crippen LogP contribution in [0, 0.1) is 0 Å². The topological polar surface area (TPSA) is 97.6 Å². The Balaban J connectivity index is 1.53. The van der Waals surface area contributed by atoms with Crippen LogP contribution in [-0.4, -0.2) is 38.4 Å². The number of ether oxygens (including phenoxy) is 2. The van der Waals surface area contributed by atoms with Gasteiger partial charge in [-0.15, -0.1) is 0 Å². The van der Waals surface area contributed by atoms with Gasteiger partial charge in [-0.05, 0) is 61.4 Å². The molecule has 3 aromatic carbocycles. The smallest absolute Gasteiger partial charge is 0.167 e. The van der Waals surface area contributed by atoms with Gasteiger partial charge in [0.15, 0.2) is 17.5 Å². The molecule has 0 saturated heterocycles. The maximum Gasteiger partial charge on any atom is 0.167 e. The Kier molecular flexibility index (Phi) is 13.8. The lowest BCUT2D eigenvalue weighted by atomic mass is 10.1. The molecule has 0 radical (unpaired) electrons. The van der Waals surface area contributed by atoms with Crippen LogP contribution < -0.4 is 9.47 Å². The Morgan fingerprint density at radius 2 is 0.956 bits per heavy atom. The zero-order chi connectivity index (χ0) is 31.9. The molecule has 0 atom stereocenters. The van der Waals surface area contributed by atoms with Crippen LogP contribution in [0.25, 0.3) is 34.2 Å². The molecule has 0 fully saturated rings. The molecule has 45 heavy (non-hydrogen) atoms. The fraction of sp³-hybridized carbons (Fsp3) is 0.432. The quantitative estimate of drug-likeness (QED) is 0.0993. The number of aromatic hydroxyl groups is 2. The van der Waals surface area contributed by atoms with Crippen LogP contribution in [0.5, 0.6) is 23.0 Å². The highest BCUT2D eigenvalue weighted by Crippen LogP contribution is 2.36. The maximum atomic E-state index is 11.0. The van der Waals surface area contributed by atoms with Gasteiger partial charge in [0, 0.05) is 22.7 Å². The average Bonchev–Trinajstić information content (AvgIpc) is 3.04. The molecule has 4 rings (SSSR count). The number of aromatic nitrogens is 3. The first-order chi connectivity index (χ1) is 22.0. The average molecular weight is 632 g/mol. The molecule has 4 aromatic rings. The number of unbranched alkanes of at least 4 members (excludes halogenated alkanes) is 10. The van der Waals surface area contributed by atoms with E-state index in [9.17, 15) is 10.2 Å². The molecule has 0 aliphatic rings. The highest BCUT2D eigenvalue weighted by Gasteiger charge is 2.18. The van der Waals surface area contributed by atoms with Crippen LogP contribution in [0.2, 0.25) is 5.02 Å². The van der Waals surface area contributed by atoms with Crippen molar-refractivity contribution >= 4 is 11.6 Å². The van der Waals surface area contributed by atoms with Gasteiger partial charge in [0.05, 0.1) is 24.3 Å². The lowest BCUT2D eigenvalue weighted by Crippen LogP contribution is -2.02. The van der Waals surface area contributed by atoms with Crippen molar-refractivity contribution in [1.82, 2.24) is 15.0 Å². The highest BCUT2D eigenvalue weighted by molar-refractivity contribution is 6.30. The van der Waals surface area contributed by atoms with Crippen molar-refractivity contribution in [2.45, 2.75) is 90.9 Å². The molecule has 0 amide bonds. The zero-order valence-corrected chi connectivity index (χ0v) is 27.4. The molecule has 0 spiro atoms. The number of phenolic OH excluding ortho intramolecular Hbond substituents is 2. The number of hydrogen-bond acceptors (Lipinski definition) is 7. The zero-order valence-electron chi connectivity index (χ0n) is 26.6. The van der Waals surface area contributed by atoms with E-state index in [0.29, 0.717) is 46.7 Å². The van der Waals surface area contributed by atoms with Gasteiger partial charge < -0.3 is 19.7 Å². The molecule has 0 aliphatic heterocycles. The monoisotopic (exact) mass is 631 g/mol. The third-order valence-corrected chi connectivity index (χ3v) is 7.94. The van der Waals surface area contributed by atoms with E-state index in [1.807, 2.05) is 24.3 Å². The first-order valence-corrected chi connectivity index (χ1v) is 16.8. The van der Waals surface area contributed by atoms with Crippen molar-refractivity contribution < 1.29 is 19.7 Å². The first-order valence-electron chi connectivity index (χ1n) is 16.4. The van der Waals surface area contributed by atoms with E-state index in [0.717, 1.165) is 31.2 Å². The predicted molar refractivity (Wildman–Crippen MR) is 182 cm³/mol. The summed E-state index contributed by atoms with van der Waals surface area (Å²) < 4.78 is 11.8. The molecular weight excluding hydrogens is 586 g/mol. The summed E-state index contributed by atoms with van der Waals surface area (Å²) >= 11 is 6.13. The van der Waals surface area contributed by atoms with Gasteiger partial charge in [-0.1, -0.05) is 89.7 Å². The molecule has 0 bridgehead atoms. The van der Waals surface area contributed by atoms with E-state index >= 15 is 0 Å². The molecule has 1 heterocycles. The summed E-state index contributed by atoms with van der Waals surface area (Å²) in [7, 11) is 0. The standard InChI is InChI=1S/C37H46ClN3O4/c1-3-5-7-9-11-13-23-44-29-19-21-31(33(42)25-29)36-39-35(27-15-17-28(38)18-16-27)40-37(41-36)32-22-20-30(26-34(32)43)45-24-14-12-10-8-6-4-2/h15-22,25-26,42-43H,3-14,23-24H2,1-2H3. The lowest BCUT2D eigenvalue weighted by Gasteiger charge is -2.12. The second-order valence-electron chi connectivity index (χ2n) is 11.4. The summed E-state index contributed by atoms with van der Waals surface area (Å²) in [4.78, 5) is 14.0. The molecule has 1 aromatic heterocycles. The van der Waals surface area contributed by atoms with Gasteiger partial charge >= 0.3 is 0 Å². The molecular formula is C37H46ClN3O4. The Morgan fingerprint density at radius 3 is 1.40 bits per heavy atom. The minimum Gasteiger partial charge on any atom is -0.507 e. The molecule has 2 N–H and O–H groups in total. The largest absolute Gasteiger partial charge is 0.507 e. The van der Waals surface area contributed by atoms with E-state index in [2.05, 4.69) is 28.8 Å².